The first kappa shape index (κ1) is 20.2. The summed E-state index contributed by atoms with van der Waals surface area (Å²) in [6.07, 6.45) is 5.40. The monoisotopic (exact) mass is 380 g/mol. The summed E-state index contributed by atoms with van der Waals surface area (Å²) in [4.78, 5) is 12.3. The lowest BCUT2D eigenvalue weighted by Gasteiger charge is -2.15. The van der Waals surface area contributed by atoms with Crippen LogP contribution in [0, 0.1) is 0 Å². The van der Waals surface area contributed by atoms with Gasteiger partial charge in [-0.2, -0.15) is 0 Å². The largest absolute Gasteiger partial charge is 0.465 e. The van der Waals surface area contributed by atoms with Crippen molar-refractivity contribution in [2.75, 3.05) is 13.2 Å². The quantitative estimate of drug-likeness (QED) is 0.399. The molecule has 0 saturated carbocycles. The zero-order valence-corrected chi connectivity index (χ0v) is 16.6. The van der Waals surface area contributed by atoms with E-state index in [9.17, 15) is 4.79 Å². The minimum absolute atomic E-state index is 0.242. The number of carbonyl (C=O) groups is 1. The molecule has 0 spiro atoms. The van der Waals surface area contributed by atoms with Crippen LogP contribution in [0.4, 0.5) is 0 Å². The maximum Gasteiger partial charge on any atom is 0.338 e. The number of furan rings is 1. The number of ether oxygens (including phenoxy) is 2. The first-order valence-electron chi connectivity index (χ1n) is 10.1. The molecule has 2 aromatic carbocycles. The third-order valence-electron chi connectivity index (χ3n) is 4.82. The Kier molecular flexibility index (Phi) is 7.26. The summed E-state index contributed by atoms with van der Waals surface area (Å²) in [6, 6.07) is 15.7. The predicted molar refractivity (Wildman–Crippen MR) is 111 cm³/mol. The molecule has 0 fully saturated rings. The van der Waals surface area contributed by atoms with Gasteiger partial charge in [-0.25, -0.2) is 4.79 Å². The summed E-state index contributed by atoms with van der Waals surface area (Å²) in [5, 5.41) is 2.08. The van der Waals surface area contributed by atoms with Crippen LogP contribution < -0.4 is 0 Å². The average molecular weight is 380 g/mol. The van der Waals surface area contributed by atoms with Crippen molar-refractivity contribution in [2.24, 2.45) is 0 Å². The van der Waals surface area contributed by atoms with Crippen LogP contribution in [-0.4, -0.2) is 19.2 Å². The van der Waals surface area contributed by atoms with E-state index in [4.69, 9.17) is 13.9 Å². The van der Waals surface area contributed by atoms with Gasteiger partial charge in [-0.05, 0) is 37.5 Å². The molecule has 3 aromatic rings. The molecule has 4 nitrogen and oxygen atoms in total. The van der Waals surface area contributed by atoms with E-state index in [2.05, 4.69) is 6.92 Å². The molecule has 0 aliphatic carbocycles. The molecule has 0 N–H and O–H groups in total. The Morgan fingerprint density at radius 2 is 1.86 bits per heavy atom. The minimum Gasteiger partial charge on any atom is -0.465 e. The number of fused-ring (bicyclic) bond motifs is 1. The van der Waals surface area contributed by atoms with Gasteiger partial charge in [-0.15, -0.1) is 0 Å². The van der Waals surface area contributed by atoms with Gasteiger partial charge in [-0.3, -0.25) is 0 Å². The molecular formula is C24H28O4. The van der Waals surface area contributed by atoms with Crippen molar-refractivity contribution in [3.05, 3.63) is 71.7 Å². The van der Waals surface area contributed by atoms with Crippen molar-refractivity contribution in [3.63, 3.8) is 0 Å². The van der Waals surface area contributed by atoms with E-state index in [1.807, 2.05) is 55.5 Å². The molecular weight excluding hydrogens is 352 g/mol. The van der Waals surface area contributed by atoms with Crippen LogP contribution in [0.25, 0.3) is 10.8 Å². The van der Waals surface area contributed by atoms with Crippen LogP contribution in [0.5, 0.6) is 0 Å². The van der Waals surface area contributed by atoms with Crippen molar-refractivity contribution in [1.29, 1.82) is 0 Å². The van der Waals surface area contributed by atoms with Crippen LogP contribution in [0.1, 0.15) is 60.9 Å². The van der Waals surface area contributed by atoms with E-state index in [-0.39, 0.29) is 18.7 Å². The zero-order chi connectivity index (χ0) is 19.8. The summed E-state index contributed by atoms with van der Waals surface area (Å²) in [5.74, 6) is 0.482. The Hall–Kier alpha value is -2.59. The highest BCUT2D eigenvalue weighted by atomic mass is 16.5. The highest BCUT2D eigenvalue weighted by molar-refractivity contribution is 5.89. The smallest absolute Gasteiger partial charge is 0.338 e. The van der Waals surface area contributed by atoms with E-state index in [0.717, 1.165) is 35.8 Å². The third kappa shape index (κ3) is 5.02. The van der Waals surface area contributed by atoms with Gasteiger partial charge in [0.1, 0.15) is 11.9 Å². The second-order valence-corrected chi connectivity index (χ2v) is 6.86. The van der Waals surface area contributed by atoms with Crippen LogP contribution in [-0.2, 0) is 15.9 Å². The first-order valence-corrected chi connectivity index (χ1v) is 10.1. The average Bonchev–Trinajstić information content (AvgIpc) is 3.16. The molecule has 0 bridgehead atoms. The summed E-state index contributed by atoms with van der Waals surface area (Å²) in [7, 11) is 0. The summed E-state index contributed by atoms with van der Waals surface area (Å²) in [6.45, 7) is 4.96. The maximum absolute atomic E-state index is 12.3. The highest BCUT2D eigenvalue weighted by Gasteiger charge is 2.19. The molecule has 148 valence electrons. The minimum atomic E-state index is -0.304. The SMILES string of the molecule is CCCCc1ccc(C(=O)OCCC(OCC)c2occ3ccccc23)cc1. The van der Waals surface area contributed by atoms with E-state index in [0.29, 0.717) is 18.6 Å². The van der Waals surface area contributed by atoms with Crippen LogP contribution in [0.2, 0.25) is 0 Å². The van der Waals surface area contributed by atoms with Gasteiger partial charge in [-0.1, -0.05) is 49.7 Å². The maximum atomic E-state index is 12.3. The fraction of sp³-hybridized carbons (Fsp3) is 0.375. The molecule has 3 rings (SSSR count). The predicted octanol–water partition coefficient (Wildman–Crippen LogP) is 6.10. The van der Waals surface area contributed by atoms with E-state index >= 15 is 0 Å². The lowest BCUT2D eigenvalue weighted by atomic mass is 10.1. The number of carbonyl (C=O) groups excluding carboxylic acids is 1. The molecule has 0 radical (unpaired) electrons. The van der Waals surface area contributed by atoms with Crippen molar-refractivity contribution >= 4 is 16.7 Å². The van der Waals surface area contributed by atoms with E-state index < -0.39 is 0 Å². The van der Waals surface area contributed by atoms with Gasteiger partial charge >= 0.3 is 5.97 Å². The molecule has 28 heavy (non-hydrogen) atoms. The lowest BCUT2D eigenvalue weighted by Crippen LogP contribution is -2.11. The molecule has 1 aromatic heterocycles. The number of unbranched alkanes of at least 4 members (excludes halogenated alkanes) is 1. The van der Waals surface area contributed by atoms with Gasteiger partial charge in [0.2, 0.25) is 0 Å². The molecule has 1 atom stereocenters. The van der Waals surface area contributed by atoms with Crippen molar-refractivity contribution in [2.45, 2.75) is 45.6 Å². The molecule has 1 unspecified atom stereocenters. The number of esters is 1. The number of benzene rings is 2. The Morgan fingerprint density at radius 3 is 2.61 bits per heavy atom. The van der Waals surface area contributed by atoms with Crippen molar-refractivity contribution in [3.8, 4) is 0 Å². The third-order valence-corrected chi connectivity index (χ3v) is 4.82. The summed E-state index contributed by atoms with van der Waals surface area (Å²) in [5.41, 5.74) is 1.83. The molecule has 0 aliphatic rings. The number of hydrogen-bond acceptors (Lipinski definition) is 4. The van der Waals surface area contributed by atoms with Crippen LogP contribution >= 0.6 is 0 Å². The number of rotatable bonds is 10. The number of aryl methyl sites for hydroxylation is 1. The highest BCUT2D eigenvalue weighted by Crippen LogP contribution is 2.30. The lowest BCUT2D eigenvalue weighted by molar-refractivity contribution is 0.0157. The summed E-state index contributed by atoms with van der Waals surface area (Å²) >= 11 is 0. The molecule has 4 heteroatoms. The fourth-order valence-electron chi connectivity index (χ4n) is 3.29. The Labute approximate surface area is 166 Å². The Morgan fingerprint density at radius 1 is 1.07 bits per heavy atom. The van der Waals surface area contributed by atoms with Gasteiger partial charge in [0.25, 0.3) is 0 Å². The topological polar surface area (TPSA) is 48.7 Å². The van der Waals surface area contributed by atoms with E-state index in [1.54, 1.807) is 6.26 Å². The van der Waals surface area contributed by atoms with Gasteiger partial charge in [0.15, 0.2) is 0 Å². The molecule has 0 aliphatic heterocycles. The normalized spacial score (nSPS) is 12.2. The zero-order valence-electron chi connectivity index (χ0n) is 16.6. The second kappa shape index (κ2) is 10.1. The van der Waals surface area contributed by atoms with Gasteiger partial charge in [0.05, 0.1) is 18.4 Å². The summed E-state index contributed by atoms with van der Waals surface area (Å²) < 4.78 is 17.1. The Balaban J connectivity index is 1.57. The number of hydrogen-bond donors (Lipinski definition) is 0. The Bertz CT molecular complexity index is 879. The van der Waals surface area contributed by atoms with Gasteiger partial charge < -0.3 is 13.9 Å². The molecule has 1 heterocycles. The van der Waals surface area contributed by atoms with Gasteiger partial charge in [0, 0.05) is 23.8 Å². The van der Waals surface area contributed by atoms with Crippen LogP contribution in [0.3, 0.4) is 0 Å². The molecule has 0 saturated heterocycles. The molecule has 0 amide bonds. The first-order chi connectivity index (χ1) is 13.7. The van der Waals surface area contributed by atoms with E-state index in [1.165, 1.54) is 5.56 Å². The second-order valence-electron chi connectivity index (χ2n) is 6.86. The van der Waals surface area contributed by atoms with Crippen molar-refractivity contribution < 1.29 is 18.7 Å². The van der Waals surface area contributed by atoms with Crippen molar-refractivity contribution in [1.82, 2.24) is 0 Å². The standard InChI is InChI=1S/C24H28O4/c1-3-5-8-18-11-13-19(14-12-18)24(25)27-16-15-22(26-4-2)23-21-10-7-6-9-20(21)17-28-23/h6-7,9-14,17,22H,3-5,8,15-16H2,1-2H3. The van der Waals surface area contributed by atoms with Crippen LogP contribution in [0.15, 0.2) is 59.2 Å². The fourth-order valence-corrected chi connectivity index (χ4v) is 3.29.